The number of hydrogen-bond donors (Lipinski definition) is 1. The van der Waals surface area contributed by atoms with Gasteiger partial charge >= 0.3 is 6.09 Å². The molecule has 120 valence electrons. The van der Waals surface area contributed by atoms with E-state index in [0.29, 0.717) is 6.10 Å². The number of alkyl carbamates (subject to hydrolysis) is 1. The monoisotopic (exact) mass is 299 g/mol. The van der Waals surface area contributed by atoms with E-state index in [0.717, 1.165) is 45.8 Å². The van der Waals surface area contributed by atoms with Gasteiger partial charge in [-0.15, -0.1) is 0 Å². The molecule has 1 atom stereocenters. The van der Waals surface area contributed by atoms with Gasteiger partial charge in [0.2, 0.25) is 5.91 Å². The van der Waals surface area contributed by atoms with Crippen molar-refractivity contribution in [3.63, 3.8) is 0 Å². The van der Waals surface area contributed by atoms with Crippen molar-refractivity contribution in [2.24, 2.45) is 0 Å². The van der Waals surface area contributed by atoms with Gasteiger partial charge in [-0.3, -0.25) is 19.9 Å². The summed E-state index contributed by atoms with van der Waals surface area (Å²) < 4.78 is 10.3. The Hall–Kier alpha value is -1.18. The third kappa shape index (κ3) is 5.61. The van der Waals surface area contributed by atoms with Crippen molar-refractivity contribution in [3.8, 4) is 0 Å². The maximum absolute atomic E-state index is 11.7. The van der Waals surface area contributed by atoms with E-state index in [-0.39, 0.29) is 19.1 Å². The van der Waals surface area contributed by atoms with Gasteiger partial charge in [-0.1, -0.05) is 0 Å². The topological polar surface area (TPSA) is 71.1 Å². The van der Waals surface area contributed by atoms with Gasteiger partial charge in [0.25, 0.3) is 0 Å². The molecule has 0 aromatic carbocycles. The van der Waals surface area contributed by atoms with Crippen LogP contribution in [0.5, 0.6) is 0 Å². The fourth-order valence-corrected chi connectivity index (χ4v) is 2.73. The van der Waals surface area contributed by atoms with Crippen LogP contribution in [0.1, 0.15) is 19.8 Å². The predicted molar refractivity (Wildman–Crippen MR) is 77.0 cm³/mol. The first-order chi connectivity index (χ1) is 10.2. The SMILES string of the molecule is CCOC(=O)NC(=O)CN1CCN(C[C@H]2CCCO2)CC1. The van der Waals surface area contributed by atoms with Crippen LogP contribution in [-0.4, -0.2) is 80.4 Å². The summed E-state index contributed by atoms with van der Waals surface area (Å²) in [7, 11) is 0. The molecule has 0 saturated carbocycles. The number of nitrogens with one attached hydrogen (secondary N) is 1. The molecule has 0 aromatic rings. The second-order valence-corrected chi connectivity index (χ2v) is 5.48. The summed E-state index contributed by atoms with van der Waals surface area (Å²) in [6.45, 7) is 7.64. The van der Waals surface area contributed by atoms with Crippen molar-refractivity contribution >= 4 is 12.0 Å². The van der Waals surface area contributed by atoms with Crippen molar-refractivity contribution in [1.29, 1.82) is 0 Å². The molecule has 7 nitrogen and oxygen atoms in total. The van der Waals surface area contributed by atoms with E-state index in [1.807, 2.05) is 0 Å². The van der Waals surface area contributed by atoms with Crippen LogP contribution in [0.2, 0.25) is 0 Å². The molecule has 0 spiro atoms. The molecule has 2 amide bonds. The van der Waals surface area contributed by atoms with Crippen LogP contribution < -0.4 is 5.32 Å². The highest BCUT2D eigenvalue weighted by molar-refractivity contribution is 5.92. The summed E-state index contributed by atoms with van der Waals surface area (Å²) in [4.78, 5) is 27.3. The second-order valence-electron chi connectivity index (χ2n) is 5.48. The van der Waals surface area contributed by atoms with Gasteiger partial charge in [0.15, 0.2) is 0 Å². The van der Waals surface area contributed by atoms with Gasteiger partial charge in [-0.2, -0.15) is 0 Å². The zero-order chi connectivity index (χ0) is 15.1. The Bertz CT molecular complexity index is 350. The highest BCUT2D eigenvalue weighted by Crippen LogP contribution is 2.14. The van der Waals surface area contributed by atoms with Gasteiger partial charge in [-0.25, -0.2) is 4.79 Å². The Morgan fingerprint density at radius 2 is 1.95 bits per heavy atom. The average Bonchev–Trinajstić information content (AvgIpc) is 2.94. The molecule has 0 radical (unpaired) electrons. The molecule has 7 heteroatoms. The highest BCUT2D eigenvalue weighted by atomic mass is 16.5. The minimum atomic E-state index is -0.667. The largest absolute Gasteiger partial charge is 0.450 e. The fourth-order valence-electron chi connectivity index (χ4n) is 2.73. The first kappa shape index (κ1) is 16.2. The van der Waals surface area contributed by atoms with Gasteiger partial charge in [0.05, 0.1) is 19.3 Å². The van der Waals surface area contributed by atoms with E-state index in [1.165, 1.54) is 6.42 Å². The van der Waals surface area contributed by atoms with Crippen LogP contribution in [0, 0.1) is 0 Å². The molecular weight excluding hydrogens is 274 g/mol. The van der Waals surface area contributed by atoms with Crippen LogP contribution >= 0.6 is 0 Å². The minimum Gasteiger partial charge on any atom is -0.450 e. The molecule has 0 aromatic heterocycles. The number of nitrogens with zero attached hydrogens (tertiary/aromatic N) is 2. The molecule has 0 aliphatic carbocycles. The van der Waals surface area contributed by atoms with Gasteiger partial charge in [-0.05, 0) is 19.8 Å². The molecule has 2 aliphatic heterocycles. The summed E-state index contributed by atoms with van der Waals surface area (Å²) in [5.74, 6) is -0.305. The number of amides is 2. The van der Waals surface area contributed by atoms with Gasteiger partial charge in [0.1, 0.15) is 0 Å². The Morgan fingerprint density at radius 3 is 2.57 bits per heavy atom. The normalized spacial score (nSPS) is 24.0. The quantitative estimate of drug-likeness (QED) is 0.774. The maximum Gasteiger partial charge on any atom is 0.413 e. The van der Waals surface area contributed by atoms with E-state index >= 15 is 0 Å². The number of imide groups is 1. The Balaban J connectivity index is 1.62. The second kappa shape index (κ2) is 8.31. The molecule has 1 N–H and O–H groups in total. The predicted octanol–water partition coefficient (Wildman–Crippen LogP) is 0.0557. The minimum absolute atomic E-state index is 0.243. The Morgan fingerprint density at radius 1 is 1.24 bits per heavy atom. The lowest BCUT2D eigenvalue weighted by molar-refractivity contribution is -0.122. The standard InChI is InChI=1S/C14H25N3O4/c1-2-20-14(19)15-13(18)11-17-7-5-16(6-8-17)10-12-4-3-9-21-12/h12H,2-11H2,1H3,(H,15,18,19)/t12-/m1/s1. The molecule has 2 fully saturated rings. The smallest absolute Gasteiger partial charge is 0.413 e. The Labute approximate surface area is 125 Å². The summed E-state index contributed by atoms with van der Waals surface area (Å²) in [6, 6.07) is 0. The lowest BCUT2D eigenvalue weighted by Gasteiger charge is -2.35. The highest BCUT2D eigenvalue weighted by Gasteiger charge is 2.23. The van der Waals surface area contributed by atoms with Crippen molar-refractivity contribution < 1.29 is 19.1 Å². The molecule has 2 saturated heterocycles. The van der Waals surface area contributed by atoms with Crippen LogP contribution in [0.4, 0.5) is 4.79 Å². The van der Waals surface area contributed by atoms with E-state index in [9.17, 15) is 9.59 Å². The number of ether oxygens (including phenoxy) is 2. The lowest BCUT2D eigenvalue weighted by atomic mass is 10.2. The van der Waals surface area contributed by atoms with Gasteiger partial charge in [0, 0.05) is 39.3 Å². The summed E-state index contributed by atoms with van der Waals surface area (Å²) >= 11 is 0. The zero-order valence-corrected chi connectivity index (χ0v) is 12.7. The number of carbonyl (C=O) groups is 2. The molecule has 21 heavy (non-hydrogen) atoms. The van der Waals surface area contributed by atoms with Gasteiger partial charge < -0.3 is 9.47 Å². The van der Waals surface area contributed by atoms with Crippen molar-refractivity contribution in [1.82, 2.24) is 15.1 Å². The fraction of sp³-hybridized carbons (Fsp3) is 0.857. The molecule has 0 unspecified atom stereocenters. The molecular formula is C14H25N3O4. The number of piperazine rings is 1. The Kier molecular flexibility index (Phi) is 6.41. The lowest BCUT2D eigenvalue weighted by Crippen LogP contribution is -2.51. The van der Waals surface area contributed by atoms with Crippen LogP contribution in [0.3, 0.4) is 0 Å². The molecule has 0 bridgehead atoms. The van der Waals surface area contributed by atoms with Crippen molar-refractivity contribution in [2.75, 3.05) is 52.5 Å². The summed E-state index contributed by atoms with van der Waals surface area (Å²) in [5, 5.41) is 2.22. The number of hydrogen-bond acceptors (Lipinski definition) is 6. The average molecular weight is 299 g/mol. The third-order valence-electron chi connectivity index (χ3n) is 3.83. The summed E-state index contributed by atoms with van der Waals surface area (Å²) in [5.41, 5.74) is 0. The molecule has 2 aliphatic rings. The van der Waals surface area contributed by atoms with Crippen LogP contribution in [-0.2, 0) is 14.3 Å². The van der Waals surface area contributed by atoms with E-state index < -0.39 is 6.09 Å². The van der Waals surface area contributed by atoms with E-state index in [4.69, 9.17) is 4.74 Å². The van der Waals surface area contributed by atoms with Crippen LogP contribution in [0.25, 0.3) is 0 Å². The maximum atomic E-state index is 11.7. The molecule has 2 heterocycles. The van der Waals surface area contributed by atoms with Crippen LogP contribution in [0.15, 0.2) is 0 Å². The first-order valence-corrected chi connectivity index (χ1v) is 7.70. The summed E-state index contributed by atoms with van der Waals surface area (Å²) in [6.07, 6.45) is 2.03. The first-order valence-electron chi connectivity index (χ1n) is 7.70. The third-order valence-corrected chi connectivity index (χ3v) is 3.83. The van der Waals surface area contributed by atoms with E-state index in [1.54, 1.807) is 6.92 Å². The number of rotatable bonds is 5. The van der Waals surface area contributed by atoms with E-state index in [2.05, 4.69) is 19.9 Å². The molecule has 2 rings (SSSR count). The van der Waals surface area contributed by atoms with Crippen molar-refractivity contribution in [2.45, 2.75) is 25.9 Å². The zero-order valence-electron chi connectivity index (χ0n) is 12.7. The van der Waals surface area contributed by atoms with Crippen molar-refractivity contribution in [3.05, 3.63) is 0 Å². The number of carbonyl (C=O) groups excluding carboxylic acids is 2.